The molecule has 0 bridgehead atoms. The number of aliphatic imine (C=N–C) groups is 1. The van der Waals surface area contributed by atoms with Crippen molar-refractivity contribution in [2.45, 2.75) is 26.2 Å². The Morgan fingerprint density at radius 2 is 2.08 bits per heavy atom. The van der Waals surface area contributed by atoms with E-state index in [1.54, 1.807) is 31.8 Å². The standard InChI is InChI=1S/C19H20N2O2S/c1-12-4-6-14-15(10-20)19(24-18(14)8-12)21-11-13-5-7-16(22-2)17(9-13)23-3/h5,7,9,11-12H,4,6,8H2,1-3H3. The zero-order valence-corrected chi connectivity index (χ0v) is 14.9. The molecule has 1 atom stereocenters. The highest BCUT2D eigenvalue weighted by Gasteiger charge is 2.23. The van der Waals surface area contributed by atoms with Crippen LogP contribution in [0, 0.1) is 17.2 Å². The lowest BCUT2D eigenvalue weighted by molar-refractivity contribution is 0.355. The average molecular weight is 340 g/mol. The molecule has 0 fully saturated rings. The summed E-state index contributed by atoms with van der Waals surface area (Å²) in [7, 11) is 3.23. The first-order valence-corrected chi connectivity index (χ1v) is 8.78. The summed E-state index contributed by atoms with van der Waals surface area (Å²) in [6.07, 6.45) is 4.98. The summed E-state index contributed by atoms with van der Waals surface area (Å²) in [6.45, 7) is 2.27. The SMILES string of the molecule is COc1ccc(C=Nc2sc3c(c2C#N)CCC(C)C3)cc1OC. The largest absolute Gasteiger partial charge is 0.493 e. The predicted octanol–water partition coefficient (Wildman–Crippen LogP) is 4.51. The van der Waals surface area contributed by atoms with E-state index in [0.29, 0.717) is 17.4 Å². The maximum Gasteiger partial charge on any atom is 0.161 e. The molecular weight excluding hydrogens is 320 g/mol. The van der Waals surface area contributed by atoms with Gasteiger partial charge in [-0.2, -0.15) is 5.26 Å². The van der Waals surface area contributed by atoms with Crippen LogP contribution in [0.1, 0.15) is 34.9 Å². The Hall–Kier alpha value is -2.32. The number of rotatable bonds is 4. The van der Waals surface area contributed by atoms with E-state index in [9.17, 15) is 5.26 Å². The maximum atomic E-state index is 9.52. The average Bonchev–Trinajstić information content (AvgIpc) is 2.95. The second-order valence-corrected chi connectivity index (χ2v) is 7.10. The summed E-state index contributed by atoms with van der Waals surface area (Å²) in [5.41, 5.74) is 2.87. The molecular formula is C19H20N2O2S. The summed E-state index contributed by atoms with van der Waals surface area (Å²) in [6, 6.07) is 8.00. The van der Waals surface area contributed by atoms with Crippen molar-refractivity contribution in [3.05, 3.63) is 39.8 Å². The normalized spacial score (nSPS) is 16.7. The van der Waals surface area contributed by atoms with Gasteiger partial charge in [0.05, 0.1) is 19.8 Å². The summed E-state index contributed by atoms with van der Waals surface area (Å²) in [4.78, 5) is 5.91. The lowest BCUT2D eigenvalue weighted by Crippen LogP contribution is -2.09. The summed E-state index contributed by atoms with van der Waals surface area (Å²) in [5.74, 6) is 2.04. The molecule has 2 aromatic rings. The lowest BCUT2D eigenvalue weighted by atomic mass is 9.89. The second-order valence-electron chi connectivity index (χ2n) is 6.02. The van der Waals surface area contributed by atoms with Crippen LogP contribution in [-0.4, -0.2) is 20.4 Å². The molecule has 4 nitrogen and oxygen atoms in total. The van der Waals surface area contributed by atoms with Gasteiger partial charge in [-0.1, -0.05) is 6.92 Å². The molecule has 0 amide bonds. The molecule has 0 aliphatic heterocycles. The van der Waals surface area contributed by atoms with Gasteiger partial charge in [0.1, 0.15) is 11.1 Å². The molecule has 5 heteroatoms. The van der Waals surface area contributed by atoms with Crippen LogP contribution in [-0.2, 0) is 12.8 Å². The number of ether oxygens (including phenoxy) is 2. The number of benzene rings is 1. The Morgan fingerprint density at radius 1 is 1.29 bits per heavy atom. The van der Waals surface area contributed by atoms with E-state index >= 15 is 0 Å². The molecule has 0 N–H and O–H groups in total. The van der Waals surface area contributed by atoms with E-state index in [2.05, 4.69) is 18.0 Å². The van der Waals surface area contributed by atoms with E-state index in [-0.39, 0.29) is 0 Å². The van der Waals surface area contributed by atoms with Crippen LogP contribution in [0.3, 0.4) is 0 Å². The minimum Gasteiger partial charge on any atom is -0.493 e. The van der Waals surface area contributed by atoms with Gasteiger partial charge in [0.2, 0.25) is 0 Å². The number of methoxy groups -OCH3 is 2. The Labute approximate surface area is 146 Å². The predicted molar refractivity (Wildman–Crippen MR) is 97.0 cm³/mol. The van der Waals surface area contributed by atoms with Gasteiger partial charge in [0, 0.05) is 11.1 Å². The highest BCUT2D eigenvalue weighted by molar-refractivity contribution is 7.16. The maximum absolute atomic E-state index is 9.52. The van der Waals surface area contributed by atoms with Crippen molar-refractivity contribution >= 4 is 22.6 Å². The number of nitriles is 1. The Morgan fingerprint density at radius 3 is 2.79 bits per heavy atom. The molecule has 24 heavy (non-hydrogen) atoms. The van der Waals surface area contributed by atoms with E-state index in [1.807, 2.05) is 18.2 Å². The van der Waals surface area contributed by atoms with E-state index in [1.165, 1.54) is 10.4 Å². The quantitative estimate of drug-likeness (QED) is 0.769. The summed E-state index contributed by atoms with van der Waals surface area (Å²) < 4.78 is 10.6. The van der Waals surface area contributed by atoms with Crippen LogP contribution in [0.2, 0.25) is 0 Å². The molecule has 1 aliphatic rings. The number of fused-ring (bicyclic) bond motifs is 1. The van der Waals surface area contributed by atoms with E-state index in [0.717, 1.165) is 35.4 Å². The highest BCUT2D eigenvalue weighted by atomic mass is 32.1. The fourth-order valence-electron chi connectivity index (χ4n) is 3.01. The zero-order chi connectivity index (χ0) is 17.1. The van der Waals surface area contributed by atoms with Gasteiger partial charge in [-0.3, -0.25) is 0 Å². The van der Waals surface area contributed by atoms with Crippen LogP contribution >= 0.6 is 11.3 Å². The third-order valence-corrected chi connectivity index (χ3v) is 5.51. The molecule has 0 spiro atoms. The number of hydrogen-bond acceptors (Lipinski definition) is 5. The smallest absolute Gasteiger partial charge is 0.161 e. The molecule has 1 aromatic heterocycles. The van der Waals surface area contributed by atoms with Gasteiger partial charge in [0.25, 0.3) is 0 Å². The molecule has 1 heterocycles. The van der Waals surface area contributed by atoms with E-state index < -0.39 is 0 Å². The first-order valence-electron chi connectivity index (χ1n) is 7.97. The first-order chi connectivity index (χ1) is 11.7. The number of nitrogens with zero attached hydrogens (tertiary/aromatic N) is 2. The van der Waals surface area contributed by atoms with Crippen LogP contribution in [0.5, 0.6) is 11.5 Å². The van der Waals surface area contributed by atoms with Crippen LogP contribution in [0.25, 0.3) is 0 Å². The van der Waals surface area contributed by atoms with Crippen molar-refractivity contribution < 1.29 is 9.47 Å². The number of hydrogen-bond donors (Lipinski definition) is 0. The first kappa shape index (κ1) is 16.5. The molecule has 1 unspecified atom stereocenters. The van der Waals surface area contributed by atoms with Gasteiger partial charge in [0.15, 0.2) is 11.5 Å². The number of thiophene rings is 1. The van der Waals surface area contributed by atoms with Crippen LogP contribution in [0.4, 0.5) is 5.00 Å². The monoisotopic (exact) mass is 340 g/mol. The van der Waals surface area contributed by atoms with Crippen LogP contribution < -0.4 is 9.47 Å². The van der Waals surface area contributed by atoms with Gasteiger partial charge in [-0.15, -0.1) is 11.3 Å². The van der Waals surface area contributed by atoms with Gasteiger partial charge in [-0.05, 0) is 54.5 Å². The second kappa shape index (κ2) is 7.06. The van der Waals surface area contributed by atoms with E-state index in [4.69, 9.17) is 9.47 Å². The zero-order valence-electron chi connectivity index (χ0n) is 14.1. The Balaban J connectivity index is 1.91. The highest BCUT2D eigenvalue weighted by Crippen LogP contribution is 2.40. The molecule has 0 saturated carbocycles. The molecule has 3 rings (SSSR count). The molecule has 124 valence electrons. The molecule has 1 aliphatic carbocycles. The van der Waals surface area contributed by atoms with Crippen molar-refractivity contribution in [1.82, 2.24) is 0 Å². The Kier molecular flexibility index (Phi) is 4.86. The van der Waals surface area contributed by atoms with Crippen molar-refractivity contribution in [3.8, 4) is 17.6 Å². The van der Waals surface area contributed by atoms with Crippen molar-refractivity contribution in [1.29, 1.82) is 5.26 Å². The third kappa shape index (κ3) is 3.15. The molecule has 1 aromatic carbocycles. The third-order valence-electron chi connectivity index (χ3n) is 4.34. The lowest BCUT2D eigenvalue weighted by Gasteiger charge is -2.17. The van der Waals surface area contributed by atoms with Crippen molar-refractivity contribution in [2.75, 3.05) is 14.2 Å². The van der Waals surface area contributed by atoms with Crippen molar-refractivity contribution in [3.63, 3.8) is 0 Å². The van der Waals surface area contributed by atoms with Crippen LogP contribution in [0.15, 0.2) is 23.2 Å². The Bertz CT molecular complexity index is 818. The fourth-order valence-corrected chi connectivity index (χ4v) is 4.31. The van der Waals surface area contributed by atoms with Gasteiger partial charge < -0.3 is 9.47 Å². The molecule has 0 saturated heterocycles. The van der Waals surface area contributed by atoms with Gasteiger partial charge >= 0.3 is 0 Å². The topological polar surface area (TPSA) is 54.6 Å². The molecule has 0 radical (unpaired) electrons. The minimum absolute atomic E-state index is 0.668. The van der Waals surface area contributed by atoms with Crippen molar-refractivity contribution in [2.24, 2.45) is 10.9 Å². The fraction of sp³-hybridized carbons (Fsp3) is 0.368. The minimum atomic E-state index is 0.668. The summed E-state index contributed by atoms with van der Waals surface area (Å²) in [5, 5.41) is 10.3. The summed E-state index contributed by atoms with van der Waals surface area (Å²) >= 11 is 1.65. The van der Waals surface area contributed by atoms with Gasteiger partial charge in [-0.25, -0.2) is 4.99 Å².